The standard InChI is InChI=1S/C23H23N5O2/c1-2-4-16-17(5-3-6-18(16)23-24-9-10-30-23)19-11-21(25-12-22(29)27-19)28-13-20(26-14-28)15-7-8-15/h3,5-6,9-11,13-15H,2,4,7-8,12H2,1H3,(H,27,29). The molecule has 7 heteroatoms. The summed E-state index contributed by atoms with van der Waals surface area (Å²) in [5.41, 5.74) is 4.82. The van der Waals surface area contributed by atoms with Gasteiger partial charge in [-0.2, -0.15) is 0 Å². The molecule has 1 aliphatic carbocycles. The Balaban J connectivity index is 1.59. The van der Waals surface area contributed by atoms with Crippen molar-refractivity contribution in [3.63, 3.8) is 0 Å². The lowest BCUT2D eigenvalue weighted by atomic mass is 9.94. The molecule has 1 amide bonds. The smallest absolute Gasteiger partial charge is 0.246 e. The Kier molecular flexibility index (Phi) is 4.78. The molecular weight excluding hydrogens is 378 g/mol. The predicted octanol–water partition coefficient (Wildman–Crippen LogP) is 3.79. The molecular formula is C23H23N5O2. The summed E-state index contributed by atoms with van der Waals surface area (Å²) >= 11 is 0. The Morgan fingerprint density at radius 1 is 1.23 bits per heavy atom. The van der Waals surface area contributed by atoms with Crippen molar-refractivity contribution < 1.29 is 9.21 Å². The molecule has 7 nitrogen and oxygen atoms in total. The third kappa shape index (κ3) is 3.58. The summed E-state index contributed by atoms with van der Waals surface area (Å²) in [5.74, 6) is 1.71. The molecule has 1 N–H and O–H groups in total. The molecule has 1 fully saturated rings. The topological polar surface area (TPSA) is 85.3 Å². The number of allylic oxidation sites excluding steroid dienone is 1. The van der Waals surface area contributed by atoms with E-state index in [4.69, 9.17) is 4.42 Å². The van der Waals surface area contributed by atoms with Gasteiger partial charge in [0.05, 0.1) is 17.6 Å². The van der Waals surface area contributed by atoms with Crippen LogP contribution in [-0.4, -0.2) is 32.8 Å². The van der Waals surface area contributed by atoms with Crippen LogP contribution in [0.1, 0.15) is 48.9 Å². The van der Waals surface area contributed by atoms with Crippen LogP contribution < -0.4 is 5.32 Å². The van der Waals surface area contributed by atoms with Gasteiger partial charge in [0.15, 0.2) is 0 Å². The van der Waals surface area contributed by atoms with Crippen LogP contribution >= 0.6 is 0 Å². The van der Waals surface area contributed by atoms with Crippen molar-refractivity contribution in [2.45, 2.75) is 38.5 Å². The van der Waals surface area contributed by atoms with Crippen LogP contribution in [0.15, 0.2) is 58.7 Å². The van der Waals surface area contributed by atoms with Crippen LogP contribution in [0.25, 0.3) is 17.2 Å². The summed E-state index contributed by atoms with van der Waals surface area (Å²) in [6.45, 7) is 2.21. The fourth-order valence-corrected chi connectivity index (χ4v) is 3.82. The first kappa shape index (κ1) is 18.5. The van der Waals surface area contributed by atoms with E-state index in [1.807, 2.05) is 35.0 Å². The lowest BCUT2D eigenvalue weighted by Crippen LogP contribution is -2.23. The molecule has 152 valence electrons. The van der Waals surface area contributed by atoms with Crippen molar-refractivity contribution in [1.29, 1.82) is 0 Å². The highest BCUT2D eigenvalue weighted by Crippen LogP contribution is 2.39. The molecule has 0 atom stereocenters. The monoisotopic (exact) mass is 401 g/mol. The van der Waals surface area contributed by atoms with Gasteiger partial charge in [0.2, 0.25) is 11.8 Å². The highest BCUT2D eigenvalue weighted by Gasteiger charge is 2.26. The number of oxazole rings is 1. The van der Waals surface area contributed by atoms with Gasteiger partial charge in [0.1, 0.15) is 25.0 Å². The number of aromatic nitrogens is 3. The molecule has 0 bridgehead atoms. The summed E-state index contributed by atoms with van der Waals surface area (Å²) in [5, 5.41) is 3.03. The molecule has 2 aliphatic rings. The first-order chi connectivity index (χ1) is 14.7. The number of hydrogen-bond donors (Lipinski definition) is 1. The number of carbonyl (C=O) groups is 1. The van der Waals surface area contributed by atoms with Gasteiger partial charge in [-0.3, -0.25) is 14.4 Å². The van der Waals surface area contributed by atoms with Gasteiger partial charge in [-0.1, -0.05) is 25.5 Å². The third-order valence-electron chi connectivity index (χ3n) is 5.42. The number of nitrogens with zero attached hydrogens (tertiary/aromatic N) is 4. The van der Waals surface area contributed by atoms with E-state index in [1.165, 1.54) is 12.8 Å². The Bertz CT molecular complexity index is 1140. The van der Waals surface area contributed by atoms with E-state index in [2.05, 4.69) is 27.2 Å². The highest BCUT2D eigenvalue weighted by molar-refractivity contribution is 6.06. The van der Waals surface area contributed by atoms with Gasteiger partial charge in [-0.25, -0.2) is 9.97 Å². The first-order valence-electron chi connectivity index (χ1n) is 10.4. The fraction of sp³-hybridized carbons (Fsp3) is 0.304. The first-order valence-corrected chi connectivity index (χ1v) is 10.4. The number of nitrogens with one attached hydrogen (secondary N) is 1. The lowest BCUT2D eigenvalue weighted by molar-refractivity contribution is -0.118. The fourth-order valence-electron chi connectivity index (χ4n) is 3.82. The van der Waals surface area contributed by atoms with Crippen molar-refractivity contribution >= 4 is 17.4 Å². The van der Waals surface area contributed by atoms with Gasteiger partial charge >= 0.3 is 0 Å². The molecule has 1 saturated carbocycles. The molecule has 2 aromatic heterocycles. The van der Waals surface area contributed by atoms with Crippen molar-refractivity contribution in [3.05, 3.63) is 66.1 Å². The van der Waals surface area contributed by atoms with Crippen LogP contribution in [-0.2, 0) is 11.2 Å². The summed E-state index contributed by atoms with van der Waals surface area (Å²) in [6, 6.07) is 5.99. The molecule has 0 spiro atoms. The van der Waals surface area contributed by atoms with Gasteiger partial charge < -0.3 is 9.73 Å². The molecule has 3 heterocycles. The van der Waals surface area contributed by atoms with Gasteiger partial charge in [0.25, 0.3) is 0 Å². The van der Waals surface area contributed by atoms with Crippen LogP contribution in [0, 0.1) is 0 Å². The second kappa shape index (κ2) is 7.74. The number of benzene rings is 1. The van der Waals surface area contributed by atoms with E-state index in [-0.39, 0.29) is 12.5 Å². The molecule has 0 unspecified atom stereocenters. The van der Waals surface area contributed by atoms with Crippen molar-refractivity contribution in [2.75, 3.05) is 6.54 Å². The quantitative estimate of drug-likeness (QED) is 0.705. The minimum absolute atomic E-state index is 0.0782. The second-order valence-corrected chi connectivity index (χ2v) is 7.68. The summed E-state index contributed by atoms with van der Waals surface area (Å²) < 4.78 is 7.47. The normalized spacial score (nSPS) is 16.6. The maximum Gasteiger partial charge on any atom is 0.246 e. The van der Waals surface area contributed by atoms with E-state index in [9.17, 15) is 4.79 Å². The second-order valence-electron chi connectivity index (χ2n) is 7.68. The minimum atomic E-state index is -0.136. The molecule has 0 radical (unpaired) electrons. The Morgan fingerprint density at radius 2 is 2.10 bits per heavy atom. The Morgan fingerprint density at radius 3 is 2.87 bits per heavy atom. The highest BCUT2D eigenvalue weighted by atomic mass is 16.3. The zero-order chi connectivity index (χ0) is 20.5. The van der Waals surface area contributed by atoms with Crippen LogP contribution in [0.4, 0.5) is 0 Å². The number of rotatable bonds is 5. The maximum absolute atomic E-state index is 12.4. The van der Waals surface area contributed by atoms with Crippen LogP contribution in [0.2, 0.25) is 0 Å². The van der Waals surface area contributed by atoms with Crippen molar-refractivity contribution in [3.8, 4) is 11.5 Å². The number of hydrogen-bond acceptors (Lipinski definition) is 5. The molecule has 30 heavy (non-hydrogen) atoms. The van der Waals surface area contributed by atoms with Gasteiger partial charge in [-0.15, -0.1) is 0 Å². The SMILES string of the molecule is CCCc1c(C2=CC(n3cnc(C4CC4)c3)=NCC(=O)N2)cccc1-c1ncco1. The zero-order valence-electron chi connectivity index (χ0n) is 16.8. The molecule has 5 rings (SSSR count). The molecule has 3 aromatic rings. The number of carbonyl (C=O) groups excluding carboxylic acids is 1. The number of imidazole rings is 1. The number of amides is 1. The molecule has 1 aliphatic heterocycles. The van der Waals surface area contributed by atoms with E-state index in [0.29, 0.717) is 17.6 Å². The number of aliphatic imine (C=N–C) groups is 1. The Hall–Kier alpha value is -3.48. The minimum Gasteiger partial charge on any atom is -0.445 e. The molecule has 0 saturated heterocycles. The van der Waals surface area contributed by atoms with Crippen molar-refractivity contribution in [1.82, 2.24) is 19.9 Å². The van der Waals surface area contributed by atoms with Crippen LogP contribution in [0.3, 0.4) is 0 Å². The van der Waals surface area contributed by atoms with Crippen molar-refractivity contribution in [2.24, 2.45) is 4.99 Å². The summed E-state index contributed by atoms with van der Waals surface area (Å²) in [6.07, 6.45) is 13.1. The predicted molar refractivity (Wildman–Crippen MR) is 114 cm³/mol. The van der Waals surface area contributed by atoms with E-state index >= 15 is 0 Å². The van der Waals surface area contributed by atoms with Crippen LogP contribution in [0.5, 0.6) is 0 Å². The maximum atomic E-state index is 12.4. The lowest BCUT2D eigenvalue weighted by Gasteiger charge is -2.16. The Labute approximate surface area is 174 Å². The third-order valence-corrected chi connectivity index (χ3v) is 5.42. The average molecular weight is 401 g/mol. The van der Waals surface area contributed by atoms with Gasteiger partial charge in [0, 0.05) is 29.3 Å². The van der Waals surface area contributed by atoms with E-state index in [0.717, 1.165) is 40.9 Å². The summed E-state index contributed by atoms with van der Waals surface area (Å²) in [4.78, 5) is 25.8. The molecule has 1 aromatic carbocycles. The largest absolute Gasteiger partial charge is 0.445 e. The van der Waals surface area contributed by atoms with E-state index < -0.39 is 0 Å². The average Bonchev–Trinajstić information content (AvgIpc) is 3.30. The van der Waals surface area contributed by atoms with E-state index in [1.54, 1.807) is 18.8 Å². The van der Waals surface area contributed by atoms with Gasteiger partial charge in [-0.05, 0) is 30.9 Å². The zero-order valence-corrected chi connectivity index (χ0v) is 16.8. The summed E-state index contributed by atoms with van der Waals surface area (Å²) in [7, 11) is 0.